The van der Waals surface area contributed by atoms with Crippen LogP contribution in [0.4, 0.5) is 17.1 Å². The Morgan fingerprint density at radius 3 is 1.71 bits per heavy atom. The predicted octanol–water partition coefficient (Wildman–Crippen LogP) is 14.4. The number of benzene rings is 8. The molecular weight excluding hydrogens is 639 g/mol. The van der Waals surface area contributed by atoms with Crippen molar-refractivity contribution in [3.05, 3.63) is 188 Å². The Hall–Kier alpha value is -6.42. The fourth-order valence-corrected chi connectivity index (χ4v) is 8.49. The quantitative estimate of drug-likeness (QED) is 0.175. The summed E-state index contributed by atoms with van der Waals surface area (Å²) in [5.74, 6) is 0. The van der Waals surface area contributed by atoms with E-state index < -0.39 is 0 Å². The highest BCUT2D eigenvalue weighted by molar-refractivity contribution is 7.26. The Bertz CT molecular complexity index is 2970. The normalized spacial score (nSPS) is 12.1. The first-order chi connectivity index (χ1) is 26.2. The molecule has 240 valence electrons. The molecule has 0 unspecified atom stereocenters. The number of rotatable bonds is 6. The van der Waals surface area contributed by atoms with E-state index in [2.05, 4.69) is 95.9 Å². The van der Waals surface area contributed by atoms with Gasteiger partial charge in [0.05, 0.1) is 13.1 Å². The van der Waals surface area contributed by atoms with Crippen molar-refractivity contribution >= 4 is 70.5 Å². The average molecular weight is 672 g/mol. The summed E-state index contributed by atoms with van der Waals surface area (Å²) in [6, 6.07) is 60.4. The number of para-hydroxylation sites is 3. The van der Waals surface area contributed by atoms with Crippen LogP contribution in [0.1, 0.15) is 2.74 Å². The van der Waals surface area contributed by atoms with Crippen LogP contribution in [0, 0.1) is 0 Å². The number of thiophene rings is 1. The van der Waals surface area contributed by atoms with Gasteiger partial charge in [0.2, 0.25) is 0 Å². The lowest BCUT2D eigenvalue weighted by atomic mass is 9.95. The fraction of sp³-hybridized carbons (Fsp3) is 0. The first kappa shape index (κ1) is 27.4. The van der Waals surface area contributed by atoms with Gasteiger partial charge in [0, 0.05) is 48.7 Å². The van der Waals surface area contributed by atoms with Crippen molar-refractivity contribution in [1.29, 1.82) is 0 Å². The summed E-state index contributed by atoms with van der Waals surface area (Å²) >= 11 is 1.74. The second-order valence-corrected chi connectivity index (χ2v) is 13.7. The largest absolute Gasteiger partial charge is 0.455 e. The minimum absolute atomic E-state index is 0.257. The van der Waals surface area contributed by atoms with E-state index in [9.17, 15) is 2.74 Å². The molecular formula is C48H31NOS. The van der Waals surface area contributed by atoms with E-state index in [0.29, 0.717) is 11.3 Å². The van der Waals surface area contributed by atoms with Gasteiger partial charge in [-0.2, -0.15) is 0 Å². The molecule has 0 saturated heterocycles. The molecule has 3 heteroatoms. The third kappa shape index (κ3) is 5.01. The SMILES string of the molecule is [2H]c1c(-c2ccccc2)cc(-c2cccc3c2oc2c(-c4ccccc4)cccc23)c([2H])c1N(c1ccccc1)c1cccc2c1sc1ccccc12. The molecule has 0 aliphatic carbocycles. The number of furan rings is 1. The van der Waals surface area contributed by atoms with E-state index in [1.54, 1.807) is 11.3 Å². The van der Waals surface area contributed by atoms with E-state index >= 15 is 0 Å². The van der Waals surface area contributed by atoms with Crippen LogP contribution >= 0.6 is 11.3 Å². The van der Waals surface area contributed by atoms with E-state index in [4.69, 9.17) is 4.42 Å². The summed E-state index contributed by atoms with van der Waals surface area (Å²) in [6.07, 6.45) is 0. The standard InChI is InChI=1S/C48H31NOS/c1-4-15-32(16-5-1)34-29-35(39-23-13-25-42-41-24-12-22-38(46(41)50-47(39)42)33-17-6-2-7-18-33)31-37(30-34)49(36-19-8-3-9-20-36)44-27-14-26-43-40-21-10-11-28-45(40)51-48(43)44/h1-31H/i30D,31D. The van der Waals surface area contributed by atoms with Crippen molar-refractivity contribution in [2.24, 2.45) is 0 Å². The molecule has 0 fully saturated rings. The van der Waals surface area contributed by atoms with Crippen molar-refractivity contribution in [2.45, 2.75) is 0 Å². The molecule has 0 bridgehead atoms. The van der Waals surface area contributed by atoms with Gasteiger partial charge in [-0.05, 0) is 64.7 Å². The van der Waals surface area contributed by atoms with Gasteiger partial charge in [-0.1, -0.05) is 146 Å². The summed E-state index contributed by atoms with van der Waals surface area (Å²) in [5.41, 5.74) is 9.14. The van der Waals surface area contributed by atoms with Crippen molar-refractivity contribution in [1.82, 2.24) is 0 Å². The molecule has 8 aromatic carbocycles. The van der Waals surface area contributed by atoms with Crippen LogP contribution in [0.25, 0.3) is 75.5 Å². The molecule has 0 atom stereocenters. The zero-order chi connectivity index (χ0) is 35.5. The van der Waals surface area contributed by atoms with Crippen LogP contribution < -0.4 is 4.90 Å². The molecule has 10 aromatic rings. The van der Waals surface area contributed by atoms with Crippen LogP contribution in [0.3, 0.4) is 0 Å². The average Bonchev–Trinajstić information content (AvgIpc) is 3.80. The molecule has 2 aromatic heterocycles. The third-order valence-electron chi connectivity index (χ3n) is 9.64. The van der Waals surface area contributed by atoms with Crippen LogP contribution in [0.5, 0.6) is 0 Å². The van der Waals surface area contributed by atoms with E-state index in [1.165, 1.54) is 10.1 Å². The van der Waals surface area contributed by atoms with Crippen molar-refractivity contribution < 1.29 is 7.16 Å². The lowest BCUT2D eigenvalue weighted by molar-refractivity contribution is 0.671. The van der Waals surface area contributed by atoms with E-state index in [1.807, 2.05) is 84.9 Å². The zero-order valence-electron chi connectivity index (χ0n) is 29.5. The monoisotopic (exact) mass is 671 g/mol. The lowest BCUT2D eigenvalue weighted by Gasteiger charge is -2.27. The topological polar surface area (TPSA) is 16.4 Å². The molecule has 0 radical (unpaired) electrons. The van der Waals surface area contributed by atoms with Gasteiger partial charge < -0.3 is 9.32 Å². The molecule has 0 spiro atoms. The van der Waals surface area contributed by atoms with Gasteiger partial charge in [0.15, 0.2) is 0 Å². The number of fused-ring (bicyclic) bond motifs is 6. The van der Waals surface area contributed by atoms with Gasteiger partial charge in [0.25, 0.3) is 0 Å². The Balaban J connectivity index is 1.29. The molecule has 2 heterocycles. The van der Waals surface area contributed by atoms with Gasteiger partial charge in [0.1, 0.15) is 11.2 Å². The maximum absolute atomic E-state index is 10.1. The third-order valence-corrected chi connectivity index (χ3v) is 10.9. The fourth-order valence-electron chi connectivity index (χ4n) is 7.28. The minimum Gasteiger partial charge on any atom is -0.455 e. The van der Waals surface area contributed by atoms with Crippen LogP contribution in [0.15, 0.2) is 192 Å². The van der Waals surface area contributed by atoms with Crippen molar-refractivity contribution in [3.8, 4) is 33.4 Å². The maximum Gasteiger partial charge on any atom is 0.143 e. The highest BCUT2D eigenvalue weighted by atomic mass is 32.1. The molecule has 51 heavy (non-hydrogen) atoms. The van der Waals surface area contributed by atoms with Crippen molar-refractivity contribution in [2.75, 3.05) is 4.90 Å². The molecule has 10 rings (SSSR count). The number of hydrogen-bond acceptors (Lipinski definition) is 3. The minimum atomic E-state index is 0.257. The highest BCUT2D eigenvalue weighted by Gasteiger charge is 2.21. The Labute approximate surface area is 302 Å². The zero-order valence-corrected chi connectivity index (χ0v) is 28.3. The smallest absolute Gasteiger partial charge is 0.143 e. The maximum atomic E-state index is 10.1. The molecule has 0 saturated carbocycles. The number of anilines is 3. The van der Waals surface area contributed by atoms with E-state index in [0.717, 1.165) is 71.2 Å². The number of nitrogens with zero attached hydrogens (tertiary/aromatic N) is 1. The Kier molecular flexibility index (Phi) is 6.54. The molecule has 0 amide bonds. The van der Waals surface area contributed by atoms with Gasteiger partial charge in [-0.25, -0.2) is 0 Å². The van der Waals surface area contributed by atoms with Crippen LogP contribution in [-0.4, -0.2) is 0 Å². The van der Waals surface area contributed by atoms with E-state index in [-0.39, 0.29) is 12.1 Å². The molecule has 2 nitrogen and oxygen atoms in total. The molecule has 0 N–H and O–H groups in total. The predicted molar refractivity (Wildman–Crippen MR) is 218 cm³/mol. The second-order valence-electron chi connectivity index (χ2n) is 12.7. The summed E-state index contributed by atoms with van der Waals surface area (Å²) in [6.45, 7) is 0. The molecule has 0 aliphatic heterocycles. The number of hydrogen-bond donors (Lipinski definition) is 0. The van der Waals surface area contributed by atoms with Gasteiger partial charge >= 0.3 is 0 Å². The van der Waals surface area contributed by atoms with Crippen LogP contribution in [0.2, 0.25) is 0 Å². The first-order valence-corrected chi connectivity index (χ1v) is 17.9. The summed E-state index contributed by atoms with van der Waals surface area (Å²) in [4.78, 5) is 2.12. The summed E-state index contributed by atoms with van der Waals surface area (Å²) in [7, 11) is 0. The molecule has 0 aliphatic rings. The highest BCUT2D eigenvalue weighted by Crippen LogP contribution is 2.47. The second kappa shape index (κ2) is 12.2. The van der Waals surface area contributed by atoms with Crippen LogP contribution in [-0.2, 0) is 0 Å². The lowest BCUT2D eigenvalue weighted by Crippen LogP contribution is -2.10. The first-order valence-electron chi connectivity index (χ1n) is 18.1. The Morgan fingerprint density at radius 1 is 0.431 bits per heavy atom. The summed E-state index contributed by atoms with van der Waals surface area (Å²) in [5, 5.41) is 4.37. The summed E-state index contributed by atoms with van der Waals surface area (Å²) < 4.78 is 29.2. The Morgan fingerprint density at radius 2 is 0.980 bits per heavy atom. The van der Waals surface area contributed by atoms with Crippen molar-refractivity contribution in [3.63, 3.8) is 0 Å². The van der Waals surface area contributed by atoms with Gasteiger partial charge in [-0.3, -0.25) is 0 Å². The van der Waals surface area contributed by atoms with Gasteiger partial charge in [-0.15, -0.1) is 11.3 Å².